The minimum absolute atomic E-state index is 0.169. The lowest BCUT2D eigenvalue weighted by Gasteiger charge is -2.13. The molecule has 0 aliphatic carbocycles. The first-order chi connectivity index (χ1) is 21.9. The Labute approximate surface area is 264 Å². The molecule has 5 aromatic rings. The van der Waals surface area contributed by atoms with E-state index in [0.29, 0.717) is 56.7 Å². The first-order valence-electron chi connectivity index (χ1n) is 13.9. The number of nitrogens with one attached hydrogen (secondary N) is 2. The molecule has 0 radical (unpaired) electrons. The summed E-state index contributed by atoms with van der Waals surface area (Å²) in [6.45, 7) is 2.12. The molecule has 0 fully saturated rings. The monoisotopic (exact) mass is 627 g/mol. The van der Waals surface area contributed by atoms with Gasteiger partial charge >= 0.3 is 5.97 Å². The van der Waals surface area contributed by atoms with Gasteiger partial charge in [-0.2, -0.15) is 5.10 Å². The molecule has 1 aromatic heterocycles. The predicted molar refractivity (Wildman–Crippen MR) is 172 cm³/mol. The normalized spacial score (nSPS) is 11.0. The molecule has 0 unspecified atom stereocenters. The van der Waals surface area contributed by atoms with Gasteiger partial charge in [-0.25, -0.2) is 10.2 Å². The number of aromatic nitrogens is 1. The van der Waals surface area contributed by atoms with E-state index in [1.807, 2.05) is 30.3 Å². The molecule has 0 spiro atoms. The third-order valence-electron chi connectivity index (χ3n) is 6.84. The molecule has 11 heteroatoms. The summed E-state index contributed by atoms with van der Waals surface area (Å²) in [5.41, 5.74) is 5.71. The maximum absolute atomic E-state index is 13.5. The Bertz CT molecular complexity index is 1890. The minimum atomic E-state index is -0.662. The van der Waals surface area contributed by atoms with Crippen molar-refractivity contribution in [3.63, 3.8) is 0 Å². The molecule has 0 saturated carbocycles. The molecule has 0 saturated heterocycles. The van der Waals surface area contributed by atoms with Crippen molar-refractivity contribution in [2.45, 2.75) is 6.92 Å². The standard InChI is InChI=1S/C34H30ClN3O7/c1-5-44-28-17-20(11-13-25(28)45-34(40)23-18-22(35)12-14-24(23)41-2)19-36-38-33(39)32-29(21-9-7-6-8-10-21)30-26(42-3)15-16-27(43-4)31(30)37-32/h6-19,37H,5H2,1-4H3,(H,38,39). The van der Waals surface area contributed by atoms with Crippen molar-refractivity contribution in [3.05, 3.63) is 101 Å². The second-order valence-corrected chi connectivity index (χ2v) is 9.97. The number of hydrogen-bond acceptors (Lipinski definition) is 8. The lowest BCUT2D eigenvalue weighted by atomic mass is 10.0. The van der Waals surface area contributed by atoms with E-state index in [-0.39, 0.29) is 17.0 Å². The summed E-state index contributed by atoms with van der Waals surface area (Å²) < 4.78 is 27.8. The van der Waals surface area contributed by atoms with Gasteiger partial charge in [-0.3, -0.25) is 4.79 Å². The van der Waals surface area contributed by atoms with Gasteiger partial charge in [-0.1, -0.05) is 41.9 Å². The van der Waals surface area contributed by atoms with Crippen LogP contribution in [0, 0.1) is 0 Å². The summed E-state index contributed by atoms with van der Waals surface area (Å²) in [6.07, 6.45) is 1.46. The third-order valence-corrected chi connectivity index (χ3v) is 7.07. The van der Waals surface area contributed by atoms with Crippen LogP contribution in [0.4, 0.5) is 0 Å². The van der Waals surface area contributed by atoms with E-state index >= 15 is 0 Å². The topological polar surface area (TPSA) is 120 Å². The summed E-state index contributed by atoms with van der Waals surface area (Å²) in [4.78, 5) is 29.7. The molecule has 10 nitrogen and oxygen atoms in total. The molecule has 0 bridgehead atoms. The summed E-state index contributed by atoms with van der Waals surface area (Å²) in [5.74, 6) is 0.831. The number of rotatable bonds is 11. The van der Waals surface area contributed by atoms with Crippen molar-refractivity contribution >= 4 is 40.6 Å². The fourth-order valence-electron chi connectivity index (χ4n) is 4.83. The van der Waals surface area contributed by atoms with Crippen molar-refractivity contribution in [2.24, 2.45) is 5.10 Å². The second kappa shape index (κ2) is 13.9. The van der Waals surface area contributed by atoms with Crippen LogP contribution < -0.4 is 29.1 Å². The van der Waals surface area contributed by atoms with E-state index in [0.717, 1.165) is 5.56 Å². The first-order valence-corrected chi connectivity index (χ1v) is 14.2. The maximum Gasteiger partial charge on any atom is 0.347 e. The van der Waals surface area contributed by atoms with Crippen LogP contribution in [0.5, 0.6) is 28.7 Å². The largest absolute Gasteiger partial charge is 0.496 e. The van der Waals surface area contributed by atoms with E-state index < -0.39 is 11.9 Å². The highest BCUT2D eigenvalue weighted by Crippen LogP contribution is 2.42. The number of fused-ring (bicyclic) bond motifs is 1. The number of esters is 1. The minimum Gasteiger partial charge on any atom is -0.496 e. The lowest BCUT2D eigenvalue weighted by Crippen LogP contribution is -2.19. The third kappa shape index (κ3) is 6.56. The Kier molecular flexibility index (Phi) is 9.54. The van der Waals surface area contributed by atoms with Crippen molar-refractivity contribution in [1.29, 1.82) is 0 Å². The summed E-state index contributed by atoms with van der Waals surface area (Å²) in [6, 6.07) is 22.6. The van der Waals surface area contributed by atoms with Crippen LogP contribution in [0.2, 0.25) is 5.02 Å². The number of halogens is 1. The average Bonchev–Trinajstić information content (AvgIpc) is 3.47. The van der Waals surface area contributed by atoms with Crippen LogP contribution in [-0.4, -0.2) is 51.0 Å². The number of aromatic amines is 1. The number of benzene rings is 4. The Hall–Kier alpha value is -5.48. The van der Waals surface area contributed by atoms with Crippen LogP contribution in [-0.2, 0) is 0 Å². The smallest absolute Gasteiger partial charge is 0.347 e. The average molecular weight is 628 g/mol. The number of hydrazone groups is 1. The number of ether oxygens (including phenoxy) is 5. The van der Waals surface area contributed by atoms with E-state index in [2.05, 4.69) is 15.5 Å². The first kappa shape index (κ1) is 31.0. The zero-order chi connectivity index (χ0) is 31.9. The quantitative estimate of drug-likeness (QED) is 0.0707. The molecular weight excluding hydrogens is 598 g/mol. The summed E-state index contributed by atoms with van der Waals surface area (Å²) in [5, 5.41) is 5.25. The van der Waals surface area contributed by atoms with Gasteiger partial charge < -0.3 is 28.7 Å². The van der Waals surface area contributed by atoms with Gasteiger partial charge in [0.15, 0.2) is 11.5 Å². The SMILES string of the molecule is CCOc1cc(C=NNC(=O)c2[nH]c3c(OC)ccc(OC)c3c2-c2ccccc2)ccc1OC(=O)c1cc(Cl)ccc1OC. The van der Waals surface area contributed by atoms with Gasteiger partial charge in [-0.05, 0) is 66.6 Å². The van der Waals surface area contributed by atoms with E-state index in [1.165, 1.54) is 19.4 Å². The Balaban J connectivity index is 1.41. The van der Waals surface area contributed by atoms with Crippen molar-refractivity contribution in [3.8, 4) is 39.9 Å². The fraction of sp³-hybridized carbons (Fsp3) is 0.147. The van der Waals surface area contributed by atoms with Gasteiger partial charge in [-0.15, -0.1) is 0 Å². The molecule has 4 aromatic carbocycles. The molecule has 5 rings (SSSR count). The number of H-pyrrole nitrogens is 1. The van der Waals surface area contributed by atoms with Crippen LogP contribution in [0.1, 0.15) is 33.3 Å². The van der Waals surface area contributed by atoms with Gasteiger partial charge in [0.25, 0.3) is 5.91 Å². The molecule has 230 valence electrons. The van der Waals surface area contributed by atoms with E-state index in [4.69, 9.17) is 35.3 Å². The number of hydrogen-bond donors (Lipinski definition) is 2. The zero-order valence-electron chi connectivity index (χ0n) is 25.0. The van der Waals surface area contributed by atoms with Crippen LogP contribution in [0.25, 0.3) is 22.0 Å². The molecule has 1 amide bonds. The van der Waals surface area contributed by atoms with Gasteiger partial charge in [0.1, 0.15) is 28.5 Å². The second-order valence-electron chi connectivity index (χ2n) is 9.53. The van der Waals surface area contributed by atoms with Crippen molar-refractivity contribution in [2.75, 3.05) is 27.9 Å². The van der Waals surface area contributed by atoms with Crippen molar-refractivity contribution < 1.29 is 33.3 Å². The van der Waals surface area contributed by atoms with Crippen LogP contribution in [0.15, 0.2) is 84.0 Å². The van der Waals surface area contributed by atoms with Crippen LogP contribution >= 0.6 is 11.6 Å². The molecule has 0 aliphatic heterocycles. The molecular formula is C34H30ClN3O7. The van der Waals surface area contributed by atoms with Crippen molar-refractivity contribution in [1.82, 2.24) is 10.4 Å². The number of carbonyl (C=O) groups excluding carboxylic acids is 2. The van der Waals surface area contributed by atoms with E-state index in [1.54, 1.807) is 63.6 Å². The number of nitrogens with zero attached hydrogens (tertiary/aromatic N) is 1. The maximum atomic E-state index is 13.5. The summed E-state index contributed by atoms with van der Waals surface area (Å²) in [7, 11) is 4.59. The number of methoxy groups -OCH3 is 3. The number of carbonyl (C=O) groups is 2. The Morgan fingerprint density at radius 1 is 0.844 bits per heavy atom. The van der Waals surface area contributed by atoms with Crippen LogP contribution in [0.3, 0.4) is 0 Å². The number of amides is 1. The van der Waals surface area contributed by atoms with Gasteiger partial charge in [0, 0.05) is 10.6 Å². The highest BCUT2D eigenvalue weighted by Gasteiger charge is 2.24. The van der Waals surface area contributed by atoms with E-state index in [9.17, 15) is 9.59 Å². The molecule has 45 heavy (non-hydrogen) atoms. The Morgan fingerprint density at radius 3 is 2.24 bits per heavy atom. The molecule has 0 aliphatic rings. The highest BCUT2D eigenvalue weighted by atomic mass is 35.5. The summed E-state index contributed by atoms with van der Waals surface area (Å²) >= 11 is 6.07. The highest BCUT2D eigenvalue weighted by molar-refractivity contribution is 6.31. The predicted octanol–water partition coefficient (Wildman–Crippen LogP) is 6.90. The van der Waals surface area contributed by atoms with Gasteiger partial charge in [0.2, 0.25) is 0 Å². The zero-order valence-corrected chi connectivity index (χ0v) is 25.7. The molecule has 2 N–H and O–H groups in total. The van der Waals surface area contributed by atoms with Gasteiger partial charge in [0.05, 0.1) is 45.1 Å². The molecule has 1 heterocycles. The molecule has 0 atom stereocenters. The Morgan fingerprint density at radius 2 is 1.53 bits per heavy atom. The fourth-order valence-corrected chi connectivity index (χ4v) is 5.00. The lowest BCUT2D eigenvalue weighted by molar-refractivity contribution is 0.0724.